The van der Waals surface area contributed by atoms with E-state index in [9.17, 15) is 0 Å². The molecule has 13 aromatic rings. The van der Waals surface area contributed by atoms with Crippen LogP contribution in [0.5, 0.6) is 0 Å². The van der Waals surface area contributed by atoms with Gasteiger partial charge >= 0.3 is 0 Å². The molecule has 0 heteroatoms. The Morgan fingerprint density at radius 1 is 0.152 bits per heavy atom. The molecule has 0 nitrogen and oxygen atoms in total. The van der Waals surface area contributed by atoms with Crippen LogP contribution in [0.3, 0.4) is 0 Å². The van der Waals surface area contributed by atoms with E-state index in [4.69, 9.17) is 0 Å². The maximum atomic E-state index is 2.45. The summed E-state index contributed by atoms with van der Waals surface area (Å²) in [5.41, 5.74) is 14.9. The Labute approximate surface area is 384 Å². The monoisotopic (exact) mass is 834 g/mol. The summed E-state index contributed by atoms with van der Waals surface area (Å²) in [5.74, 6) is 0. The van der Waals surface area contributed by atoms with Crippen molar-refractivity contribution in [1.29, 1.82) is 0 Å². The third-order valence-electron chi connectivity index (χ3n) is 13.8. The van der Waals surface area contributed by atoms with Gasteiger partial charge in [0.15, 0.2) is 0 Å². The first-order chi connectivity index (χ1) is 32.8. The molecule has 0 heterocycles. The van der Waals surface area contributed by atoms with Crippen LogP contribution in [0, 0.1) is 0 Å². The van der Waals surface area contributed by atoms with Gasteiger partial charge in [-0.25, -0.2) is 0 Å². The highest BCUT2D eigenvalue weighted by molar-refractivity contribution is 6.24. The molecular weight excluding hydrogens is 793 g/mol. The summed E-state index contributed by atoms with van der Waals surface area (Å²) in [5, 5.41) is 15.1. The third-order valence-corrected chi connectivity index (χ3v) is 13.8. The zero-order valence-corrected chi connectivity index (χ0v) is 36.2. The van der Waals surface area contributed by atoms with Gasteiger partial charge in [-0.2, -0.15) is 0 Å². The normalized spacial score (nSPS) is 11.6. The van der Waals surface area contributed by atoms with E-state index in [-0.39, 0.29) is 0 Å². The number of benzene rings is 13. The fourth-order valence-corrected chi connectivity index (χ4v) is 10.9. The Balaban J connectivity index is 1.00. The van der Waals surface area contributed by atoms with Gasteiger partial charge < -0.3 is 0 Å². The number of hydrogen-bond acceptors (Lipinski definition) is 0. The standard InChI is InChI=1S/C66H42/c1-4-18-44(19-5-1)60-41-49-36-37-50(66-58-30-16-14-28-56(58)64(46-22-8-3-9-23-46)57-29-15-17-31-59(57)66)42-61(49)62-40-48(38-39-51(60)62)43-32-34-47(35-33-43)65-54-26-12-10-24-52(54)63(45-20-6-2-7-21-45)53-25-11-13-27-55(53)65/h1-42H. The second-order valence-corrected chi connectivity index (χ2v) is 17.5. The molecule has 0 fully saturated rings. The summed E-state index contributed by atoms with van der Waals surface area (Å²) in [6.07, 6.45) is 0. The van der Waals surface area contributed by atoms with Crippen LogP contribution in [-0.4, -0.2) is 0 Å². The molecule has 0 N–H and O–H groups in total. The maximum absolute atomic E-state index is 2.45. The Bertz CT molecular complexity index is 3880. The van der Waals surface area contributed by atoms with E-state index in [1.54, 1.807) is 0 Å². The Kier molecular flexibility index (Phi) is 8.96. The van der Waals surface area contributed by atoms with Crippen LogP contribution in [0.4, 0.5) is 0 Å². The summed E-state index contributed by atoms with van der Waals surface area (Å²) in [4.78, 5) is 0. The average molecular weight is 835 g/mol. The van der Waals surface area contributed by atoms with Gasteiger partial charge in [0.05, 0.1) is 0 Å². The highest BCUT2D eigenvalue weighted by Gasteiger charge is 2.20. The van der Waals surface area contributed by atoms with E-state index >= 15 is 0 Å². The molecule has 0 saturated heterocycles. The van der Waals surface area contributed by atoms with Crippen LogP contribution in [0.25, 0.3) is 131 Å². The maximum Gasteiger partial charge on any atom is -0.00261 e. The lowest BCUT2D eigenvalue weighted by Crippen LogP contribution is -1.92. The van der Waals surface area contributed by atoms with Crippen molar-refractivity contribution in [3.05, 3.63) is 255 Å². The molecule has 0 spiro atoms. The average Bonchev–Trinajstić information content (AvgIpc) is 3.39. The molecule has 0 atom stereocenters. The smallest absolute Gasteiger partial charge is 0.00261 e. The zero-order chi connectivity index (χ0) is 43.6. The number of fused-ring (bicyclic) bond motifs is 7. The molecule has 0 unspecified atom stereocenters. The second kappa shape index (κ2) is 15.6. The minimum absolute atomic E-state index is 1.19. The Morgan fingerprint density at radius 2 is 0.470 bits per heavy atom. The summed E-state index contributed by atoms with van der Waals surface area (Å²) >= 11 is 0. The number of hydrogen-bond donors (Lipinski definition) is 0. The molecule has 0 saturated carbocycles. The molecule has 306 valence electrons. The minimum Gasteiger partial charge on any atom is -0.0622 e. The van der Waals surface area contributed by atoms with E-state index in [0.29, 0.717) is 0 Å². The van der Waals surface area contributed by atoms with Gasteiger partial charge in [-0.1, -0.05) is 237 Å². The predicted octanol–water partition coefficient (Wildman–Crippen LogP) is 18.6. The molecule has 0 aliphatic heterocycles. The molecule has 0 amide bonds. The van der Waals surface area contributed by atoms with Crippen molar-refractivity contribution in [2.45, 2.75) is 0 Å². The van der Waals surface area contributed by atoms with E-state index in [2.05, 4.69) is 255 Å². The fourth-order valence-electron chi connectivity index (χ4n) is 10.9. The summed E-state index contributed by atoms with van der Waals surface area (Å²) in [6.45, 7) is 0. The largest absolute Gasteiger partial charge is 0.0622 e. The Hall–Kier alpha value is -8.58. The van der Waals surface area contributed by atoms with Crippen LogP contribution in [0.15, 0.2) is 255 Å². The van der Waals surface area contributed by atoms with Crippen molar-refractivity contribution in [2.24, 2.45) is 0 Å². The SMILES string of the molecule is c1ccc(-c2c3ccccc3c(-c3ccc(-c4ccc5c(-c6ccccc6)cc6ccc(-c7c8ccccc8c(-c8ccccc8)c8ccccc78)cc6c5c4)cc3)c3ccccc23)cc1. The lowest BCUT2D eigenvalue weighted by atomic mass is 9.84. The molecule has 0 aliphatic carbocycles. The third kappa shape index (κ3) is 6.15. The molecule has 0 radical (unpaired) electrons. The van der Waals surface area contributed by atoms with Crippen LogP contribution in [0.1, 0.15) is 0 Å². The van der Waals surface area contributed by atoms with Crippen molar-refractivity contribution < 1.29 is 0 Å². The molecule has 0 aromatic heterocycles. The minimum atomic E-state index is 1.19. The van der Waals surface area contributed by atoms with Gasteiger partial charge in [0, 0.05) is 0 Å². The van der Waals surface area contributed by atoms with Crippen LogP contribution in [-0.2, 0) is 0 Å². The predicted molar refractivity (Wildman–Crippen MR) is 284 cm³/mol. The molecule has 0 bridgehead atoms. The quantitative estimate of drug-likeness (QED) is 0.116. The van der Waals surface area contributed by atoms with Gasteiger partial charge in [0.1, 0.15) is 0 Å². The number of rotatable bonds is 6. The van der Waals surface area contributed by atoms with Gasteiger partial charge in [-0.15, -0.1) is 0 Å². The van der Waals surface area contributed by atoms with Crippen LogP contribution in [0.2, 0.25) is 0 Å². The lowest BCUT2D eigenvalue weighted by Gasteiger charge is -2.19. The molecule has 66 heavy (non-hydrogen) atoms. The molecule has 13 aromatic carbocycles. The van der Waals surface area contributed by atoms with E-state index in [1.165, 1.54) is 131 Å². The van der Waals surface area contributed by atoms with Crippen LogP contribution >= 0.6 is 0 Å². The van der Waals surface area contributed by atoms with Crippen LogP contribution < -0.4 is 0 Å². The summed E-state index contributed by atoms with van der Waals surface area (Å²) < 4.78 is 0. The fraction of sp³-hybridized carbons (Fsp3) is 0. The van der Waals surface area contributed by atoms with Crippen molar-refractivity contribution in [3.8, 4) is 66.8 Å². The van der Waals surface area contributed by atoms with Gasteiger partial charge in [0.25, 0.3) is 0 Å². The topological polar surface area (TPSA) is 0 Å². The first-order valence-corrected chi connectivity index (χ1v) is 22.9. The van der Waals surface area contributed by atoms with E-state index in [1.807, 2.05) is 0 Å². The first kappa shape index (κ1) is 37.9. The van der Waals surface area contributed by atoms with Gasteiger partial charge in [-0.05, 0) is 150 Å². The van der Waals surface area contributed by atoms with E-state index < -0.39 is 0 Å². The molecule has 0 aliphatic rings. The van der Waals surface area contributed by atoms with Gasteiger partial charge in [-0.3, -0.25) is 0 Å². The highest BCUT2D eigenvalue weighted by Crippen LogP contribution is 2.47. The first-order valence-electron chi connectivity index (χ1n) is 22.9. The zero-order valence-electron chi connectivity index (χ0n) is 36.2. The van der Waals surface area contributed by atoms with Crippen molar-refractivity contribution >= 4 is 64.6 Å². The van der Waals surface area contributed by atoms with Crippen molar-refractivity contribution in [1.82, 2.24) is 0 Å². The van der Waals surface area contributed by atoms with Crippen molar-refractivity contribution in [2.75, 3.05) is 0 Å². The summed E-state index contributed by atoms with van der Waals surface area (Å²) in [7, 11) is 0. The molecular formula is C66H42. The second-order valence-electron chi connectivity index (χ2n) is 17.5. The van der Waals surface area contributed by atoms with Gasteiger partial charge in [0.2, 0.25) is 0 Å². The Morgan fingerprint density at radius 3 is 0.909 bits per heavy atom. The van der Waals surface area contributed by atoms with Crippen molar-refractivity contribution in [3.63, 3.8) is 0 Å². The lowest BCUT2D eigenvalue weighted by molar-refractivity contribution is 1.62. The van der Waals surface area contributed by atoms with E-state index in [0.717, 1.165) is 0 Å². The summed E-state index contributed by atoms with van der Waals surface area (Å²) in [6, 6.07) is 94.1. The highest BCUT2D eigenvalue weighted by atomic mass is 14.2. The molecule has 13 rings (SSSR count).